The number of nitrogens with one attached hydrogen (secondary N) is 1. The van der Waals surface area contributed by atoms with Crippen molar-refractivity contribution in [2.45, 2.75) is 49.6 Å². The van der Waals surface area contributed by atoms with Crippen LogP contribution in [-0.2, 0) is 11.3 Å². The Morgan fingerprint density at radius 1 is 1.32 bits per heavy atom. The molecular weight excluding hydrogens is 342 g/mol. The van der Waals surface area contributed by atoms with E-state index in [0.717, 1.165) is 37.9 Å². The summed E-state index contributed by atoms with van der Waals surface area (Å²) in [7, 11) is 0. The molecule has 1 N–H and O–H groups in total. The summed E-state index contributed by atoms with van der Waals surface area (Å²) in [5, 5.41) is 14.1. The Kier molecular flexibility index (Phi) is 5.80. The summed E-state index contributed by atoms with van der Waals surface area (Å²) in [6.45, 7) is 2.17. The first-order valence-corrected chi connectivity index (χ1v) is 9.11. The first-order chi connectivity index (χ1) is 12.0. The number of likely N-dealkylation sites (tertiary alicyclic amines) is 1. The van der Waals surface area contributed by atoms with Crippen LogP contribution in [0.4, 0.5) is 10.5 Å². The molecule has 0 bridgehead atoms. The molecule has 2 fully saturated rings. The number of thiol groups is 1. The number of carbonyl (C=O) groups is 1. The lowest BCUT2D eigenvalue weighted by atomic mass is 9.88. The lowest BCUT2D eigenvalue weighted by molar-refractivity contribution is -0.384. The van der Waals surface area contributed by atoms with Crippen LogP contribution in [0.3, 0.4) is 0 Å². The van der Waals surface area contributed by atoms with E-state index >= 15 is 0 Å². The van der Waals surface area contributed by atoms with Crippen molar-refractivity contribution in [3.8, 4) is 0 Å². The van der Waals surface area contributed by atoms with Crippen LogP contribution in [0.1, 0.15) is 31.2 Å². The highest BCUT2D eigenvalue weighted by atomic mass is 32.1. The summed E-state index contributed by atoms with van der Waals surface area (Å²) in [5.74, 6) is 0. The summed E-state index contributed by atoms with van der Waals surface area (Å²) in [6.07, 6.45) is 3.77. The van der Waals surface area contributed by atoms with E-state index in [1.807, 2.05) is 0 Å². The van der Waals surface area contributed by atoms with Gasteiger partial charge in [0.15, 0.2) is 0 Å². The van der Waals surface area contributed by atoms with Gasteiger partial charge in [-0.15, -0.1) is 0 Å². The van der Waals surface area contributed by atoms with Gasteiger partial charge in [-0.3, -0.25) is 15.0 Å². The quantitative estimate of drug-likeness (QED) is 0.476. The molecule has 7 nitrogen and oxygen atoms in total. The van der Waals surface area contributed by atoms with Gasteiger partial charge < -0.3 is 10.1 Å². The largest absolute Gasteiger partial charge is 0.445 e. The zero-order valence-corrected chi connectivity index (χ0v) is 14.9. The first-order valence-electron chi connectivity index (χ1n) is 8.60. The normalized spacial score (nSPS) is 24.4. The van der Waals surface area contributed by atoms with Crippen LogP contribution >= 0.6 is 12.6 Å². The van der Waals surface area contributed by atoms with Gasteiger partial charge in [0.05, 0.1) is 4.92 Å². The SMILES string of the molecule is O=C(N[C@@H]1CCC[C@H](N2CC(S)C2)C1)OCc1ccc([N+](=O)[O-])cc1. The zero-order valence-electron chi connectivity index (χ0n) is 14.0. The third kappa shape index (κ3) is 4.85. The Morgan fingerprint density at radius 3 is 2.68 bits per heavy atom. The minimum atomic E-state index is -0.453. The van der Waals surface area contributed by atoms with Gasteiger partial charge in [0.1, 0.15) is 6.61 Å². The predicted octanol–water partition coefficient (Wildman–Crippen LogP) is 2.75. The maximum Gasteiger partial charge on any atom is 0.407 e. The number of non-ortho nitro benzene ring substituents is 1. The number of benzene rings is 1. The molecule has 1 amide bonds. The number of hydrogen-bond donors (Lipinski definition) is 2. The van der Waals surface area contributed by atoms with Gasteiger partial charge in [-0.2, -0.15) is 12.6 Å². The summed E-state index contributed by atoms with van der Waals surface area (Å²) in [4.78, 5) is 24.6. The van der Waals surface area contributed by atoms with Crippen molar-refractivity contribution >= 4 is 24.4 Å². The van der Waals surface area contributed by atoms with Gasteiger partial charge in [0.25, 0.3) is 5.69 Å². The molecule has 1 aliphatic carbocycles. The lowest BCUT2D eigenvalue weighted by Crippen LogP contribution is -2.56. The van der Waals surface area contributed by atoms with Crippen molar-refractivity contribution in [1.29, 1.82) is 0 Å². The predicted molar refractivity (Wildman–Crippen MR) is 96.8 cm³/mol. The number of ether oxygens (including phenoxy) is 1. The van der Waals surface area contributed by atoms with Crippen LogP contribution < -0.4 is 5.32 Å². The van der Waals surface area contributed by atoms with Gasteiger partial charge >= 0.3 is 6.09 Å². The highest BCUT2D eigenvalue weighted by Gasteiger charge is 2.33. The average Bonchev–Trinajstić information content (AvgIpc) is 2.58. The van der Waals surface area contributed by atoms with E-state index in [0.29, 0.717) is 11.3 Å². The van der Waals surface area contributed by atoms with E-state index in [1.165, 1.54) is 18.6 Å². The molecule has 2 atom stereocenters. The van der Waals surface area contributed by atoms with E-state index in [4.69, 9.17) is 4.74 Å². The zero-order chi connectivity index (χ0) is 17.8. The van der Waals surface area contributed by atoms with Crippen molar-refractivity contribution in [2.24, 2.45) is 0 Å². The molecule has 8 heteroatoms. The number of carbonyl (C=O) groups excluding carboxylic acids is 1. The Morgan fingerprint density at radius 2 is 2.04 bits per heavy atom. The van der Waals surface area contributed by atoms with Gasteiger partial charge in [0, 0.05) is 42.6 Å². The number of alkyl carbamates (subject to hydrolysis) is 1. The number of hydrogen-bond acceptors (Lipinski definition) is 6. The molecule has 1 saturated carbocycles. The summed E-state index contributed by atoms with van der Waals surface area (Å²) >= 11 is 4.45. The molecule has 0 radical (unpaired) electrons. The van der Waals surface area contributed by atoms with Crippen LogP contribution in [0.15, 0.2) is 24.3 Å². The average molecular weight is 365 g/mol. The second-order valence-corrected chi connectivity index (χ2v) is 7.50. The number of nitro benzene ring substituents is 1. The smallest absolute Gasteiger partial charge is 0.407 e. The first kappa shape index (κ1) is 18.0. The summed E-state index contributed by atoms with van der Waals surface area (Å²) in [6, 6.07) is 6.67. The van der Waals surface area contributed by atoms with Crippen LogP contribution in [0, 0.1) is 10.1 Å². The highest BCUT2D eigenvalue weighted by molar-refractivity contribution is 7.81. The molecule has 136 valence electrons. The second-order valence-electron chi connectivity index (χ2n) is 6.77. The fourth-order valence-electron chi connectivity index (χ4n) is 3.48. The van der Waals surface area contributed by atoms with E-state index in [-0.39, 0.29) is 18.3 Å². The van der Waals surface area contributed by atoms with Crippen LogP contribution in [0.2, 0.25) is 0 Å². The highest BCUT2D eigenvalue weighted by Crippen LogP contribution is 2.28. The molecule has 2 aliphatic rings. The molecule has 1 heterocycles. The topological polar surface area (TPSA) is 84.7 Å². The van der Waals surface area contributed by atoms with Crippen molar-refractivity contribution in [1.82, 2.24) is 10.2 Å². The van der Waals surface area contributed by atoms with E-state index < -0.39 is 11.0 Å². The van der Waals surface area contributed by atoms with Crippen molar-refractivity contribution in [3.63, 3.8) is 0 Å². The van der Waals surface area contributed by atoms with Crippen LogP contribution in [0.25, 0.3) is 0 Å². The minimum absolute atomic E-state index is 0.0240. The van der Waals surface area contributed by atoms with Crippen molar-refractivity contribution in [3.05, 3.63) is 39.9 Å². The summed E-state index contributed by atoms with van der Waals surface area (Å²) in [5.41, 5.74) is 0.749. The fourth-order valence-corrected chi connectivity index (χ4v) is 3.90. The molecule has 25 heavy (non-hydrogen) atoms. The molecule has 0 spiro atoms. The van der Waals surface area contributed by atoms with E-state index in [1.54, 1.807) is 12.1 Å². The fraction of sp³-hybridized carbons (Fsp3) is 0.588. The maximum atomic E-state index is 12.0. The van der Waals surface area contributed by atoms with Crippen LogP contribution in [-0.4, -0.2) is 46.3 Å². The lowest BCUT2D eigenvalue weighted by Gasteiger charge is -2.45. The third-order valence-electron chi connectivity index (χ3n) is 4.89. The molecule has 1 saturated heterocycles. The van der Waals surface area contributed by atoms with Crippen molar-refractivity contribution < 1.29 is 14.5 Å². The molecule has 3 rings (SSSR count). The Hall–Kier alpha value is -1.80. The number of nitrogens with zero attached hydrogens (tertiary/aromatic N) is 2. The van der Waals surface area contributed by atoms with Gasteiger partial charge in [-0.25, -0.2) is 4.79 Å². The van der Waals surface area contributed by atoms with E-state index in [2.05, 4.69) is 22.8 Å². The molecule has 1 aromatic carbocycles. The molecular formula is C17H23N3O4S. The Labute approximate surface area is 152 Å². The third-order valence-corrected chi connectivity index (χ3v) is 5.22. The standard InChI is InChI=1S/C17H23N3O4S/c21-17(24-11-12-4-6-14(7-5-12)20(22)23)18-13-2-1-3-15(8-13)19-9-16(25)10-19/h4-7,13,15-16,25H,1-3,8-11H2,(H,18,21)/t13-,15+/m1/s1. The van der Waals surface area contributed by atoms with Gasteiger partial charge in [-0.05, 0) is 43.4 Å². The van der Waals surface area contributed by atoms with Crippen molar-refractivity contribution in [2.75, 3.05) is 13.1 Å². The maximum absolute atomic E-state index is 12.0. The van der Waals surface area contributed by atoms with Gasteiger partial charge in [-0.1, -0.05) is 0 Å². The number of amides is 1. The molecule has 0 aromatic heterocycles. The number of rotatable bonds is 5. The Bertz CT molecular complexity index is 619. The van der Waals surface area contributed by atoms with Gasteiger partial charge in [0.2, 0.25) is 0 Å². The van der Waals surface area contributed by atoms with Crippen LogP contribution in [0.5, 0.6) is 0 Å². The monoisotopic (exact) mass is 365 g/mol. The Balaban J connectivity index is 1.42. The second kappa shape index (κ2) is 8.05. The molecule has 0 unspecified atom stereocenters. The summed E-state index contributed by atoms with van der Waals surface area (Å²) < 4.78 is 5.24. The molecule has 1 aliphatic heterocycles. The minimum Gasteiger partial charge on any atom is -0.445 e. The number of nitro groups is 1. The molecule has 1 aromatic rings. The van der Waals surface area contributed by atoms with E-state index in [9.17, 15) is 14.9 Å².